The van der Waals surface area contributed by atoms with Gasteiger partial charge in [-0.2, -0.15) is 0 Å². The lowest BCUT2D eigenvalue weighted by atomic mass is 9.96. The molecule has 1 amide bonds. The monoisotopic (exact) mass is 441 g/mol. The number of aliphatic hydroxyl groups excluding tert-OH is 1. The number of methoxy groups -OCH3 is 1. The standard InChI is InChI=1S/C25H35N3O4/c1-27(15-19-6-4-3-5-7-19)17-22(29)18-32-24-14-20(8-9-23(24)31-2)16-28-12-10-21(11-13-28)25(26)30/h3-9,14,21-22,29H,10-13,15-18H2,1-2H3,(H2,26,30)/t22-/m0/s1. The first-order valence-electron chi connectivity index (χ1n) is 11.2. The summed E-state index contributed by atoms with van der Waals surface area (Å²) >= 11 is 0. The number of nitrogens with two attached hydrogens (primary N) is 1. The number of hydrogen-bond acceptors (Lipinski definition) is 6. The normalized spacial score (nSPS) is 16.1. The largest absolute Gasteiger partial charge is 0.493 e. The first kappa shape index (κ1) is 24.0. The molecule has 3 rings (SSSR count). The van der Waals surface area contributed by atoms with Crippen molar-refractivity contribution in [1.82, 2.24) is 9.80 Å². The van der Waals surface area contributed by atoms with Crippen molar-refractivity contribution in [3.63, 3.8) is 0 Å². The second kappa shape index (κ2) is 11.9. The summed E-state index contributed by atoms with van der Waals surface area (Å²) in [4.78, 5) is 15.8. The van der Waals surface area contributed by atoms with Crippen molar-refractivity contribution in [3.05, 3.63) is 59.7 Å². The molecular formula is C25H35N3O4. The number of likely N-dealkylation sites (tertiary alicyclic amines) is 1. The van der Waals surface area contributed by atoms with Crippen LogP contribution in [0.2, 0.25) is 0 Å². The van der Waals surface area contributed by atoms with Gasteiger partial charge in [0, 0.05) is 25.6 Å². The number of carbonyl (C=O) groups excluding carboxylic acids is 1. The molecule has 1 saturated heterocycles. The third-order valence-corrected chi connectivity index (χ3v) is 5.87. The van der Waals surface area contributed by atoms with Crippen molar-refractivity contribution in [2.45, 2.75) is 32.0 Å². The molecule has 0 aromatic heterocycles. The first-order chi connectivity index (χ1) is 15.4. The van der Waals surface area contributed by atoms with Crippen molar-refractivity contribution in [2.75, 3.05) is 40.4 Å². The molecule has 1 atom stereocenters. The fourth-order valence-electron chi connectivity index (χ4n) is 4.12. The van der Waals surface area contributed by atoms with Gasteiger partial charge < -0.3 is 20.3 Å². The first-order valence-corrected chi connectivity index (χ1v) is 11.2. The van der Waals surface area contributed by atoms with E-state index in [9.17, 15) is 9.90 Å². The predicted molar refractivity (Wildman–Crippen MR) is 124 cm³/mol. The van der Waals surface area contributed by atoms with Gasteiger partial charge in [-0.05, 0) is 56.2 Å². The Morgan fingerprint density at radius 3 is 2.53 bits per heavy atom. The van der Waals surface area contributed by atoms with Crippen LogP contribution in [0, 0.1) is 5.92 Å². The van der Waals surface area contributed by atoms with Crippen LogP contribution in [0.4, 0.5) is 0 Å². The summed E-state index contributed by atoms with van der Waals surface area (Å²) in [5, 5.41) is 10.5. The zero-order valence-electron chi connectivity index (χ0n) is 19.1. The molecule has 0 spiro atoms. The highest BCUT2D eigenvalue weighted by atomic mass is 16.5. The molecule has 1 fully saturated rings. The van der Waals surface area contributed by atoms with E-state index in [1.807, 2.05) is 43.4 Å². The highest BCUT2D eigenvalue weighted by Gasteiger charge is 2.23. The average molecular weight is 442 g/mol. The van der Waals surface area contributed by atoms with E-state index in [0.29, 0.717) is 18.0 Å². The molecule has 0 radical (unpaired) electrons. The van der Waals surface area contributed by atoms with Gasteiger partial charge in [-0.25, -0.2) is 0 Å². The van der Waals surface area contributed by atoms with E-state index in [0.717, 1.165) is 44.6 Å². The van der Waals surface area contributed by atoms with Crippen LogP contribution in [0.3, 0.4) is 0 Å². The van der Waals surface area contributed by atoms with E-state index in [1.54, 1.807) is 7.11 Å². The molecule has 3 N–H and O–H groups in total. The van der Waals surface area contributed by atoms with Gasteiger partial charge in [-0.1, -0.05) is 36.4 Å². The van der Waals surface area contributed by atoms with Crippen LogP contribution < -0.4 is 15.2 Å². The highest BCUT2D eigenvalue weighted by Crippen LogP contribution is 2.29. The molecule has 0 unspecified atom stereocenters. The van der Waals surface area contributed by atoms with Crippen LogP contribution in [-0.4, -0.2) is 67.3 Å². The van der Waals surface area contributed by atoms with Crippen molar-refractivity contribution in [1.29, 1.82) is 0 Å². The summed E-state index contributed by atoms with van der Waals surface area (Å²) in [5.41, 5.74) is 7.74. The molecule has 0 bridgehead atoms. The van der Waals surface area contributed by atoms with Gasteiger partial charge in [-0.15, -0.1) is 0 Å². The van der Waals surface area contributed by atoms with Crippen molar-refractivity contribution < 1.29 is 19.4 Å². The minimum absolute atomic E-state index is 0.0116. The third-order valence-electron chi connectivity index (χ3n) is 5.87. The molecule has 1 aliphatic rings. The van der Waals surface area contributed by atoms with Gasteiger partial charge in [0.15, 0.2) is 11.5 Å². The van der Waals surface area contributed by atoms with Gasteiger partial charge in [0.1, 0.15) is 12.7 Å². The molecule has 7 nitrogen and oxygen atoms in total. The maximum atomic E-state index is 11.4. The summed E-state index contributed by atoms with van der Waals surface area (Å²) in [6.45, 7) is 3.93. The maximum absolute atomic E-state index is 11.4. The zero-order valence-corrected chi connectivity index (χ0v) is 19.1. The van der Waals surface area contributed by atoms with Crippen LogP contribution in [0.1, 0.15) is 24.0 Å². The molecule has 0 aliphatic carbocycles. The number of hydrogen-bond donors (Lipinski definition) is 2. The number of aliphatic hydroxyl groups is 1. The van der Waals surface area contributed by atoms with Gasteiger partial charge in [0.05, 0.1) is 7.11 Å². The Morgan fingerprint density at radius 2 is 1.88 bits per heavy atom. The lowest BCUT2D eigenvalue weighted by Gasteiger charge is -2.30. The summed E-state index contributed by atoms with van der Waals surface area (Å²) < 4.78 is 11.4. The van der Waals surface area contributed by atoms with Crippen molar-refractivity contribution in [2.24, 2.45) is 11.7 Å². The smallest absolute Gasteiger partial charge is 0.220 e. The second-order valence-corrected chi connectivity index (χ2v) is 8.59. The van der Waals surface area contributed by atoms with Crippen LogP contribution in [-0.2, 0) is 17.9 Å². The number of carbonyl (C=O) groups is 1. The van der Waals surface area contributed by atoms with Crippen LogP contribution in [0.5, 0.6) is 11.5 Å². The Labute approximate surface area is 190 Å². The second-order valence-electron chi connectivity index (χ2n) is 8.59. The average Bonchev–Trinajstić information content (AvgIpc) is 2.78. The molecule has 2 aromatic rings. The van der Waals surface area contributed by atoms with Gasteiger partial charge >= 0.3 is 0 Å². The molecular weight excluding hydrogens is 406 g/mol. The quantitative estimate of drug-likeness (QED) is 0.556. The Morgan fingerprint density at radius 1 is 1.16 bits per heavy atom. The number of nitrogens with zero attached hydrogens (tertiary/aromatic N) is 2. The molecule has 2 aromatic carbocycles. The maximum Gasteiger partial charge on any atom is 0.220 e. The van der Waals surface area contributed by atoms with Gasteiger partial charge in [0.25, 0.3) is 0 Å². The summed E-state index contributed by atoms with van der Waals surface area (Å²) in [7, 11) is 3.60. The summed E-state index contributed by atoms with van der Waals surface area (Å²) in [6.07, 6.45) is 0.986. The van der Waals surface area contributed by atoms with Crippen LogP contribution in [0.15, 0.2) is 48.5 Å². The Balaban J connectivity index is 1.51. The molecule has 1 aliphatic heterocycles. The van der Waals surface area contributed by atoms with Crippen molar-refractivity contribution >= 4 is 5.91 Å². The number of rotatable bonds is 11. The Bertz CT molecular complexity index is 854. The zero-order chi connectivity index (χ0) is 22.9. The predicted octanol–water partition coefficient (Wildman–Crippen LogP) is 2.26. The Kier molecular flexibility index (Phi) is 8.90. The SMILES string of the molecule is COc1ccc(CN2CCC(C(N)=O)CC2)cc1OC[C@@H](O)CN(C)Cc1ccccc1. The molecule has 7 heteroatoms. The van der Waals surface area contributed by atoms with Crippen LogP contribution >= 0.6 is 0 Å². The lowest BCUT2D eigenvalue weighted by molar-refractivity contribution is -0.123. The van der Waals surface area contributed by atoms with Gasteiger partial charge in [0.2, 0.25) is 5.91 Å². The molecule has 174 valence electrons. The molecule has 0 saturated carbocycles. The molecule has 1 heterocycles. The van der Waals surface area contributed by atoms with E-state index in [4.69, 9.17) is 15.2 Å². The Hall–Kier alpha value is -2.61. The van der Waals surface area contributed by atoms with E-state index >= 15 is 0 Å². The number of piperidine rings is 1. The fraction of sp³-hybridized carbons (Fsp3) is 0.480. The fourth-order valence-corrected chi connectivity index (χ4v) is 4.12. The number of amides is 1. The van der Waals surface area contributed by atoms with E-state index < -0.39 is 6.10 Å². The number of benzene rings is 2. The topological polar surface area (TPSA) is 88.3 Å². The minimum Gasteiger partial charge on any atom is -0.493 e. The number of likely N-dealkylation sites (N-methyl/N-ethyl adjacent to an activating group) is 1. The minimum atomic E-state index is -0.620. The van der Waals surface area contributed by atoms with E-state index in [2.05, 4.69) is 21.9 Å². The number of ether oxygens (including phenoxy) is 2. The summed E-state index contributed by atoms with van der Waals surface area (Å²) in [6, 6.07) is 16.1. The van der Waals surface area contributed by atoms with Crippen LogP contribution in [0.25, 0.3) is 0 Å². The summed E-state index contributed by atoms with van der Waals surface area (Å²) in [5.74, 6) is 1.06. The molecule has 32 heavy (non-hydrogen) atoms. The third kappa shape index (κ3) is 7.22. The van der Waals surface area contributed by atoms with E-state index in [1.165, 1.54) is 5.56 Å². The van der Waals surface area contributed by atoms with E-state index in [-0.39, 0.29) is 18.4 Å². The lowest BCUT2D eigenvalue weighted by Crippen LogP contribution is -2.38. The highest BCUT2D eigenvalue weighted by molar-refractivity contribution is 5.76. The number of primary amides is 1. The van der Waals surface area contributed by atoms with Gasteiger partial charge in [-0.3, -0.25) is 14.6 Å². The van der Waals surface area contributed by atoms with Crippen molar-refractivity contribution in [3.8, 4) is 11.5 Å².